The van der Waals surface area contributed by atoms with Crippen LogP contribution in [0.15, 0.2) is 54.6 Å². The van der Waals surface area contributed by atoms with Crippen LogP contribution in [0.3, 0.4) is 0 Å². The molecule has 1 aliphatic heterocycles. The van der Waals surface area contributed by atoms with Crippen molar-refractivity contribution >= 4 is 0 Å². The number of rotatable bonds is 3. The molecule has 1 aliphatic rings. The predicted molar refractivity (Wildman–Crippen MR) is 88.6 cm³/mol. The predicted octanol–water partition coefficient (Wildman–Crippen LogP) is 3.38. The van der Waals surface area contributed by atoms with Gasteiger partial charge in [-0.25, -0.2) is 4.39 Å². The van der Waals surface area contributed by atoms with Crippen LogP contribution in [0.2, 0.25) is 0 Å². The minimum Gasteiger partial charge on any atom is -0.312 e. The highest BCUT2D eigenvalue weighted by atomic mass is 19.1. The molecule has 2 aromatic carbocycles. The molecule has 3 aromatic rings. The first-order valence-electron chi connectivity index (χ1n) is 7.90. The van der Waals surface area contributed by atoms with E-state index >= 15 is 0 Å². The quantitative estimate of drug-likeness (QED) is 0.804. The molecule has 4 rings (SSSR count). The Morgan fingerprint density at radius 2 is 1.83 bits per heavy atom. The fourth-order valence-corrected chi connectivity index (χ4v) is 3.15. The number of benzene rings is 2. The van der Waals surface area contributed by atoms with Gasteiger partial charge in [0, 0.05) is 36.3 Å². The highest BCUT2D eigenvalue weighted by Gasteiger charge is 2.21. The average molecular weight is 307 g/mol. The monoisotopic (exact) mass is 307 g/mol. The van der Waals surface area contributed by atoms with Crippen molar-refractivity contribution in [2.24, 2.45) is 0 Å². The van der Waals surface area contributed by atoms with Crippen LogP contribution in [-0.2, 0) is 19.5 Å². The molecule has 1 N–H and O–H groups in total. The molecular formula is C19H18FN3. The maximum absolute atomic E-state index is 13.2. The lowest BCUT2D eigenvalue weighted by Gasteiger charge is -2.15. The Kier molecular flexibility index (Phi) is 3.67. The van der Waals surface area contributed by atoms with Crippen molar-refractivity contribution in [2.45, 2.75) is 19.5 Å². The van der Waals surface area contributed by atoms with Crippen LogP contribution in [0.1, 0.15) is 16.8 Å². The molecule has 116 valence electrons. The standard InChI is InChI=1S/C19H18FN3/c20-16-8-6-15(7-9-16)19-17-12-21-11-10-18(17)23(22-19)13-14-4-2-1-3-5-14/h1-9,21H,10-13H2. The van der Waals surface area contributed by atoms with Crippen LogP contribution >= 0.6 is 0 Å². The molecule has 4 heteroatoms. The molecule has 0 unspecified atom stereocenters. The lowest BCUT2D eigenvalue weighted by molar-refractivity contribution is 0.582. The topological polar surface area (TPSA) is 29.9 Å². The van der Waals surface area contributed by atoms with Crippen LogP contribution in [0, 0.1) is 5.82 Å². The molecule has 1 aromatic heterocycles. The van der Waals surface area contributed by atoms with Crippen LogP contribution < -0.4 is 5.32 Å². The number of fused-ring (bicyclic) bond motifs is 1. The van der Waals surface area contributed by atoms with Gasteiger partial charge in [0.15, 0.2) is 0 Å². The Labute approximate surface area is 134 Å². The van der Waals surface area contributed by atoms with Crippen LogP contribution in [-0.4, -0.2) is 16.3 Å². The largest absolute Gasteiger partial charge is 0.312 e. The molecule has 0 atom stereocenters. The molecule has 23 heavy (non-hydrogen) atoms. The third kappa shape index (κ3) is 2.78. The molecule has 0 amide bonds. The lowest BCUT2D eigenvalue weighted by Crippen LogP contribution is -2.25. The number of nitrogens with zero attached hydrogens (tertiary/aromatic N) is 2. The summed E-state index contributed by atoms with van der Waals surface area (Å²) in [4.78, 5) is 0. The van der Waals surface area contributed by atoms with Gasteiger partial charge in [-0.1, -0.05) is 30.3 Å². The van der Waals surface area contributed by atoms with E-state index in [9.17, 15) is 4.39 Å². The van der Waals surface area contributed by atoms with E-state index in [0.29, 0.717) is 0 Å². The highest BCUT2D eigenvalue weighted by Crippen LogP contribution is 2.28. The minimum atomic E-state index is -0.218. The number of hydrogen-bond donors (Lipinski definition) is 1. The van der Waals surface area contributed by atoms with Gasteiger partial charge in [0.1, 0.15) is 5.82 Å². The SMILES string of the molecule is Fc1ccc(-c2nn(Cc3ccccc3)c3c2CNCC3)cc1. The Balaban J connectivity index is 1.77. The number of nitrogens with one attached hydrogen (secondary N) is 1. The van der Waals surface area contributed by atoms with Crippen LogP contribution in [0.25, 0.3) is 11.3 Å². The molecule has 0 aliphatic carbocycles. The highest BCUT2D eigenvalue weighted by molar-refractivity contribution is 5.64. The summed E-state index contributed by atoms with van der Waals surface area (Å²) in [7, 11) is 0. The summed E-state index contributed by atoms with van der Waals surface area (Å²) in [5.41, 5.74) is 5.69. The number of hydrogen-bond acceptors (Lipinski definition) is 2. The van der Waals surface area contributed by atoms with Crippen molar-refractivity contribution in [3.8, 4) is 11.3 Å². The second-order valence-electron chi connectivity index (χ2n) is 5.85. The number of aromatic nitrogens is 2. The maximum Gasteiger partial charge on any atom is 0.123 e. The zero-order valence-electron chi connectivity index (χ0n) is 12.8. The van der Waals surface area contributed by atoms with E-state index < -0.39 is 0 Å². The van der Waals surface area contributed by atoms with Crippen molar-refractivity contribution in [3.63, 3.8) is 0 Å². The summed E-state index contributed by atoms with van der Waals surface area (Å²) < 4.78 is 15.3. The molecule has 0 saturated heterocycles. The summed E-state index contributed by atoms with van der Waals surface area (Å²) >= 11 is 0. The Hall–Kier alpha value is -2.46. The zero-order valence-corrected chi connectivity index (χ0v) is 12.8. The molecule has 3 nitrogen and oxygen atoms in total. The molecule has 0 radical (unpaired) electrons. The van der Waals surface area contributed by atoms with E-state index in [4.69, 9.17) is 5.10 Å². The van der Waals surface area contributed by atoms with E-state index in [2.05, 4.69) is 22.1 Å². The third-order valence-corrected chi connectivity index (χ3v) is 4.30. The fourth-order valence-electron chi connectivity index (χ4n) is 3.15. The summed E-state index contributed by atoms with van der Waals surface area (Å²) in [6.07, 6.45) is 0.969. The van der Waals surface area contributed by atoms with Crippen molar-refractivity contribution in [3.05, 3.63) is 77.2 Å². The van der Waals surface area contributed by atoms with Crippen LogP contribution in [0.5, 0.6) is 0 Å². The van der Waals surface area contributed by atoms with E-state index in [1.807, 2.05) is 18.2 Å². The van der Waals surface area contributed by atoms with E-state index in [1.165, 1.54) is 29.0 Å². The van der Waals surface area contributed by atoms with Gasteiger partial charge < -0.3 is 5.32 Å². The number of halogens is 1. The van der Waals surface area contributed by atoms with Crippen molar-refractivity contribution < 1.29 is 4.39 Å². The van der Waals surface area contributed by atoms with E-state index in [-0.39, 0.29) is 5.82 Å². The van der Waals surface area contributed by atoms with E-state index in [0.717, 1.165) is 37.3 Å². The summed E-state index contributed by atoms with van der Waals surface area (Å²) in [5.74, 6) is -0.218. The molecule has 0 fully saturated rings. The van der Waals surface area contributed by atoms with Gasteiger partial charge in [0.2, 0.25) is 0 Å². The summed E-state index contributed by atoms with van der Waals surface area (Å²) in [6.45, 7) is 2.55. The zero-order chi connectivity index (χ0) is 15.6. The van der Waals surface area contributed by atoms with Gasteiger partial charge in [-0.3, -0.25) is 4.68 Å². The second kappa shape index (κ2) is 5.97. The molecule has 0 spiro atoms. The molecule has 0 saturated carbocycles. The van der Waals surface area contributed by atoms with Gasteiger partial charge in [-0.2, -0.15) is 5.10 Å². The normalized spacial score (nSPS) is 13.8. The van der Waals surface area contributed by atoms with Crippen molar-refractivity contribution in [1.29, 1.82) is 0 Å². The van der Waals surface area contributed by atoms with Crippen molar-refractivity contribution in [1.82, 2.24) is 15.1 Å². The second-order valence-corrected chi connectivity index (χ2v) is 5.85. The maximum atomic E-state index is 13.2. The first kappa shape index (κ1) is 14.2. The molecular weight excluding hydrogens is 289 g/mol. The molecule has 0 bridgehead atoms. The Morgan fingerprint density at radius 1 is 1.04 bits per heavy atom. The fraction of sp³-hybridized carbons (Fsp3) is 0.211. The Morgan fingerprint density at radius 3 is 2.61 bits per heavy atom. The van der Waals surface area contributed by atoms with Gasteiger partial charge in [0.25, 0.3) is 0 Å². The lowest BCUT2D eigenvalue weighted by atomic mass is 10.0. The van der Waals surface area contributed by atoms with Gasteiger partial charge >= 0.3 is 0 Å². The van der Waals surface area contributed by atoms with Gasteiger partial charge in [-0.15, -0.1) is 0 Å². The minimum absolute atomic E-state index is 0.218. The Bertz CT molecular complexity index is 807. The van der Waals surface area contributed by atoms with Gasteiger partial charge in [0.05, 0.1) is 12.2 Å². The van der Waals surface area contributed by atoms with Crippen LogP contribution in [0.4, 0.5) is 4.39 Å². The molecule has 2 heterocycles. The third-order valence-electron chi connectivity index (χ3n) is 4.30. The first-order chi connectivity index (χ1) is 11.3. The van der Waals surface area contributed by atoms with E-state index in [1.54, 1.807) is 12.1 Å². The van der Waals surface area contributed by atoms with Crippen molar-refractivity contribution in [2.75, 3.05) is 6.54 Å². The summed E-state index contributed by atoms with van der Waals surface area (Å²) in [5, 5.41) is 8.25. The first-order valence-corrected chi connectivity index (χ1v) is 7.90. The summed E-state index contributed by atoms with van der Waals surface area (Å²) in [6, 6.07) is 17.0. The van der Waals surface area contributed by atoms with Gasteiger partial charge in [-0.05, 0) is 29.8 Å². The smallest absolute Gasteiger partial charge is 0.123 e. The average Bonchev–Trinajstić information content (AvgIpc) is 2.95.